The SMILES string of the molecule is CC(CN1C(=O)c2ccccc2C1=O)N(Cc1ccccc1)C(=O)O. The molecule has 128 valence electrons. The molecule has 2 aromatic rings. The molecule has 6 nitrogen and oxygen atoms in total. The Morgan fingerprint density at radius 1 is 1.00 bits per heavy atom. The van der Waals surface area contributed by atoms with Crippen LogP contribution in [0.5, 0.6) is 0 Å². The van der Waals surface area contributed by atoms with Gasteiger partial charge in [-0.1, -0.05) is 42.5 Å². The Morgan fingerprint density at radius 2 is 1.52 bits per heavy atom. The van der Waals surface area contributed by atoms with Crippen molar-refractivity contribution in [3.8, 4) is 0 Å². The van der Waals surface area contributed by atoms with Crippen molar-refractivity contribution in [3.63, 3.8) is 0 Å². The highest BCUT2D eigenvalue weighted by molar-refractivity contribution is 6.21. The summed E-state index contributed by atoms with van der Waals surface area (Å²) in [6.45, 7) is 1.91. The van der Waals surface area contributed by atoms with Crippen LogP contribution in [0.25, 0.3) is 0 Å². The van der Waals surface area contributed by atoms with Gasteiger partial charge in [-0.3, -0.25) is 19.4 Å². The van der Waals surface area contributed by atoms with E-state index in [0.29, 0.717) is 11.1 Å². The lowest BCUT2D eigenvalue weighted by Crippen LogP contribution is -2.46. The first-order chi connectivity index (χ1) is 12.0. The second kappa shape index (κ2) is 6.76. The number of carbonyl (C=O) groups is 3. The first kappa shape index (κ1) is 16.7. The maximum Gasteiger partial charge on any atom is 0.407 e. The third-order valence-electron chi connectivity index (χ3n) is 4.30. The van der Waals surface area contributed by atoms with Gasteiger partial charge >= 0.3 is 6.09 Å². The van der Waals surface area contributed by atoms with Gasteiger partial charge in [0, 0.05) is 13.1 Å². The van der Waals surface area contributed by atoms with E-state index in [4.69, 9.17) is 0 Å². The molecule has 25 heavy (non-hydrogen) atoms. The van der Waals surface area contributed by atoms with Crippen LogP contribution in [-0.2, 0) is 6.54 Å². The molecule has 1 heterocycles. The molecule has 0 spiro atoms. The third kappa shape index (κ3) is 3.24. The summed E-state index contributed by atoms with van der Waals surface area (Å²) in [5.74, 6) is -0.755. The average Bonchev–Trinajstić information content (AvgIpc) is 2.85. The second-order valence-corrected chi connectivity index (χ2v) is 6.01. The van der Waals surface area contributed by atoms with Gasteiger partial charge in [-0.15, -0.1) is 0 Å². The molecule has 0 fully saturated rings. The van der Waals surface area contributed by atoms with Crippen molar-refractivity contribution in [2.24, 2.45) is 0 Å². The smallest absolute Gasteiger partial charge is 0.407 e. The predicted molar refractivity (Wildman–Crippen MR) is 91.3 cm³/mol. The first-order valence-corrected chi connectivity index (χ1v) is 7.97. The van der Waals surface area contributed by atoms with E-state index in [1.807, 2.05) is 30.3 Å². The molecule has 0 aromatic heterocycles. The van der Waals surface area contributed by atoms with E-state index >= 15 is 0 Å². The number of fused-ring (bicyclic) bond motifs is 1. The summed E-state index contributed by atoms with van der Waals surface area (Å²) in [6, 6.07) is 15.3. The van der Waals surface area contributed by atoms with E-state index in [9.17, 15) is 19.5 Å². The van der Waals surface area contributed by atoms with Crippen LogP contribution >= 0.6 is 0 Å². The van der Waals surface area contributed by atoms with Crippen molar-refractivity contribution in [1.82, 2.24) is 9.80 Å². The van der Waals surface area contributed by atoms with Gasteiger partial charge in [-0.05, 0) is 24.6 Å². The summed E-state index contributed by atoms with van der Waals surface area (Å²) in [7, 11) is 0. The lowest BCUT2D eigenvalue weighted by molar-refractivity contribution is 0.0584. The van der Waals surface area contributed by atoms with Gasteiger partial charge in [0.25, 0.3) is 11.8 Å². The van der Waals surface area contributed by atoms with Crippen LogP contribution in [0.3, 0.4) is 0 Å². The zero-order chi connectivity index (χ0) is 18.0. The van der Waals surface area contributed by atoms with Crippen molar-refractivity contribution in [1.29, 1.82) is 0 Å². The highest BCUT2D eigenvalue weighted by Gasteiger charge is 2.37. The minimum atomic E-state index is -1.09. The van der Waals surface area contributed by atoms with Gasteiger partial charge < -0.3 is 5.11 Å². The molecule has 1 aliphatic rings. The number of carboxylic acid groups (broad SMARTS) is 1. The van der Waals surface area contributed by atoms with E-state index in [1.54, 1.807) is 31.2 Å². The number of carbonyl (C=O) groups excluding carboxylic acids is 2. The van der Waals surface area contributed by atoms with Crippen molar-refractivity contribution in [2.75, 3.05) is 6.54 Å². The van der Waals surface area contributed by atoms with Crippen LogP contribution in [0.4, 0.5) is 4.79 Å². The van der Waals surface area contributed by atoms with Crippen LogP contribution in [0.2, 0.25) is 0 Å². The highest BCUT2D eigenvalue weighted by Crippen LogP contribution is 2.23. The first-order valence-electron chi connectivity index (χ1n) is 7.97. The Morgan fingerprint density at radius 3 is 2.04 bits per heavy atom. The highest BCUT2D eigenvalue weighted by atomic mass is 16.4. The minimum Gasteiger partial charge on any atom is -0.465 e. The largest absolute Gasteiger partial charge is 0.465 e. The van der Waals surface area contributed by atoms with Gasteiger partial charge in [-0.25, -0.2) is 4.79 Å². The Kier molecular flexibility index (Phi) is 4.52. The number of nitrogens with zero attached hydrogens (tertiary/aromatic N) is 2. The van der Waals surface area contributed by atoms with Gasteiger partial charge in [0.2, 0.25) is 0 Å². The van der Waals surface area contributed by atoms with E-state index < -0.39 is 12.1 Å². The molecule has 1 N–H and O–H groups in total. The number of amides is 3. The van der Waals surface area contributed by atoms with Crippen molar-refractivity contribution < 1.29 is 19.5 Å². The van der Waals surface area contributed by atoms with Crippen molar-refractivity contribution in [2.45, 2.75) is 19.5 Å². The molecule has 0 saturated heterocycles. The van der Waals surface area contributed by atoms with Gasteiger partial charge in [-0.2, -0.15) is 0 Å². The summed E-state index contributed by atoms with van der Waals surface area (Å²) in [4.78, 5) is 38.9. The molecule has 1 aliphatic heterocycles. The molecule has 6 heteroatoms. The zero-order valence-corrected chi connectivity index (χ0v) is 13.8. The third-order valence-corrected chi connectivity index (χ3v) is 4.30. The molecule has 3 amide bonds. The Balaban J connectivity index is 1.76. The molecule has 3 rings (SSSR count). The van der Waals surface area contributed by atoms with Gasteiger partial charge in [0.15, 0.2) is 0 Å². The molecule has 1 atom stereocenters. The fraction of sp³-hybridized carbons (Fsp3) is 0.211. The summed E-state index contributed by atoms with van der Waals surface area (Å²) < 4.78 is 0. The summed E-state index contributed by atoms with van der Waals surface area (Å²) >= 11 is 0. The maximum absolute atomic E-state index is 12.4. The second-order valence-electron chi connectivity index (χ2n) is 6.01. The molecule has 0 radical (unpaired) electrons. The Labute approximate surface area is 145 Å². The minimum absolute atomic E-state index is 0.0193. The van der Waals surface area contributed by atoms with Crippen LogP contribution < -0.4 is 0 Å². The predicted octanol–water partition coefficient (Wildman–Crippen LogP) is 2.85. The van der Waals surface area contributed by atoms with E-state index in [-0.39, 0.29) is 24.9 Å². The molecular formula is C19H18N2O4. The zero-order valence-electron chi connectivity index (χ0n) is 13.8. The number of hydrogen-bond donors (Lipinski definition) is 1. The normalized spacial score (nSPS) is 14.4. The van der Waals surface area contributed by atoms with Gasteiger partial charge in [0.05, 0.1) is 17.2 Å². The Hall–Kier alpha value is -3.15. The number of rotatable bonds is 5. The topological polar surface area (TPSA) is 77.9 Å². The maximum atomic E-state index is 12.4. The molecule has 0 bridgehead atoms. The van der Waals surface area contributed by atoms with E-state index in [2.05, 4.69) is 0 Å². The molecule has 0 aliphatic carbocycles. The lowest BCUT2D eigenvalue weighted by Gasteiger charge is -2.29. The van der Waals surface area contributed by atoms with Gasteiger partial charge in [0.1, 0.15) is 0 Å². The summed E-state index contributed by atoms with van der Waals surface area (Å²) in [5, 5.41) is 9.52. The Bertz CT molecular complexity index is 784. The fourth-order valence-corrected chi connectivity index (χ4v) is 2.96. The van der Waals surface area contributed by atoms with Crippen LogP contribution in [0.1, 0.15) is 33.2 Å². The van der Waals surface area contributed by atoms with Crippen LogP contribution in [-0.4, -0.2) is 45.4 Å². The standard InChI is InChI=1S/C19H18N2O4/c1-13(20(19(24)25)12-14-7-3-2-4-8-14)11-21-17(22)15-9-5-6-10-16(15)18(21)23/h2-10,13H,11-12H2,1H3,(H,24,25). The van der Waals surface area contributed by atoms with E-state index in [0.717, 1.165) is 10.5 Å². The summed E-state index contributed by atoms with van der Waals surface area (Å²) in [6.07, 6.45) is -1.09. The van der Waals surface area contributed by atoms with Crippen LogP contribution in [0.15, 0.2) is 54.6 Å². The quantitative estimate of drug-likeness (QED) is 0.851. The lowest BCUT2D eigenvalue weighted by atomic mass is 10.1. The average molecular weight is 338 g/mol. The molecule has 2 aromatic carbocycles. The number of hydrogen-bond acceptors (Lipinski definition) is 3. The fourth-order valence-electron chi connectivity index (χ4n) is 2.96. The van der Waals surface area contributed by atoms with Crippen molar-refractivity contribution >= 4 is 17.9 Å². The van der Waals surface area contributed by atoms with E-state index in [1.165, 1.54) is 4.90 Å². The molecule has 1 unspecified atom stereocenters. The summed E-state index contributed by atoms with van der Waals surface area (Å²) in [5.41, 5.74) is 1.58. The molecular weight excluding hydrogens is 320 g/mol. The monoisotopic (exact) mass is 338 g/mol. The van der Waals surface area contributed by atoms with Crippen molar-refractivity contribution in [3.05, 3.63) is 71.3 Å². The van der Waals surface area contributed by atoms with Crippen LogP contribution in [0, 0.1) is 0 Å². The molecule has 0 saturated carbocycles. The number of benzene rings is 2. The number of imide groups is 1.